The van der Waals surface area contributed by atoms with E-state index in [4.69, 9.17) is 35.4 Å². The number of hydrogen-bond acceptors (Lipinski definition) is 4. The fourth-order valence-electron chi connectivity index (χ4n) is 2.35. The maximum Gasteiger partial charge on any atom is 0.263 e. The number of rotatable bonds is 4. The number of amides is 1. The van der Waals surface area contributed by atoms with Crippen molar-refractivity contribution >= 4 is 68.6 Å². The number of carbonyl (C=O) groups excluding carboxylic acids is 1. The molecule has 130 valence electrons. The zero-order chi connectivity index (χ0) is 18.1. The van der Waals surface area contributed by atoms with Gasteiger partial charge in [0, 0.05) is 4.88 Å². The summed E-state index contributed by atoms with van der Waals surface area (Å²) in [4.78, 5) is 29.8. The molecule has 0 aliphatic heterocycles. The van der Waals surface area contributed by atoms with E-state index in [-0.39, 0.29) is 21.9 Å². The van der Waals surface area contributed by atoms with Crippen molar-refractivity contribution in [3.63, 3.8) is 0 Å². The van der Waals surface area contributed by atoms with Crippen LogP contribution in [0.15, 0.2) is 29.1 Å². The molecule has 3 rings (SSSR count). The molecule has 2 N–H and O–H groups in total. The van der Waals surface area contributed by atoms with Crippen molar-refractivity contribution in [1.29, 1.82) is 0 Å². The van der Waals surface area contributed by atoms with Gasteiger partial charge in [-0.05, 0) is 36.8 Å². The lowest BCUT2D eigenvalue weighted by Crippen LogP contribution is -2.28. The molecule has 0 aliphatic carbocycles. The third-order valence-corrected chi connectivity index (χ3v) is 5.94. The van der Waals surface area contributed by atoms with Crippen LogP contribution in [0.3, 0.4) is 0 Å². The van der Waals surface area contributed by atoms with E-state index in [0.29, 0.717) is 16.1 Å². The SMILES string of the molecule is CCc1cc2c(=O)n(CC(=O)Nc3cccc(Cl)c3Cl)c(=S)[nH]c2s1. The molecular formula is C16H13Cl2N3O2S2. The van der Waals surface area contributed by atoms with Crippen molar-refractivity contribution in [1.82, 2.24) is 9.55 Å². The number of aromatic amines is 1. The molecule has 2 heterocycles. The zero-order valence-electron chi connectivity index (χ0n) is 13.1. The fraction of sp³-hybridized carbons (Fsp3) is 0.188. The van der Waals surface area contributed by atoms with Crippen LogP contribution in [0.25, 0.3) is 10.2 Å². The van der Waals surface area contributed by atoms with Crippen LogP contribution in [-0.4, -0.2) is 15.5 Å². The van der Waals surface area contributed by atoms with Crippen LogP contribution in [0.5, 0.6) is 0 Å². The second-order valence-electron chi connectivity index (χ2n) is 5.28. The molecule has 0 fully saturated rings. The Hall–Kier alpha value is -1.67. The third-order valence-electron chi connectivity index (χ3n) is 3.60. The van der Waals surface area contributed by atoms with Gasteiger partial charge in [-0.15, -0.1) is 11.3 Å². The summed E-state index contributed by atoms with van der Waals surface area (Å²) in [5, 5.41) is 3.76. The van der Waals surface area contributed by atoms with Gasteiger partial charge >= 0.3 is 0 Å². The highest BCUT2D eigenvalue weighted by atomic mass is 35.5. The molecule has 0 unspecified atom stereocenters. The summed E-state index contributed by atoms with van der Waals surface area (Å²) in [5.74, 6) is -0.420. The number of thiophene rings is 1. The highest BCUT2D eigenvalue weighted by Crippen LogP contribution is 2.29. The summed E-state index contributed by atoms with van der Waals surface area (Å²) >= 11 is 18.7. The van der Waals surface area contributed by atoms with Gasteiger partial charge in [0.1, 0.15) is 11.4 Å². The number of halogens is 2. The van der Waals surface area contributed by atoms with E-state index >= 15 is 0 Å². The summed E-state index contributed by atoms with van der Waals surface area (Å²) in [6.07, 6.45) is 0.827. The molecule has 0 atom stereocenters. The first-order valence-corrected chi connectivity index (χ1v) is 9.38. The summed E-state index contributed by atoms with van der Waals surface area (Å²) < 4.78 is 1.44. The van der Waals surface area contributed by atoms with Gasteiger partial charge in [-0.3, -0.25) is 14.2 Å². The molecular weight excluding hydrogens is 401 g/mol. The quantitative estimate of drug-likeness (QED) is 0.612. The van der Waals surface area contributed by atoms with Crippen molar-refractivity contribution in [3.8, 4) is 0 Å². The summed E-state index contributed by atoms with van der Waals surface area (Å²) in [5.41, 5.74) is 0.0917. The fourth-order valence-corrected chi connectivity index (χ4v) is 4.00. The van der Waals surface area contributed by atoms with Crippen LogP contribution >= 0.6 is 46.8 Å². The van der Waals surface area contributed by atoms with Crippen molar-refractivity contribution in [2.24, 2.45) is 0 Å². The molecule has 25 heavy (non-hydrogen) atoms. The van der Waals surface area contributed by atoms with Gasteiger partial charge in [-0.1, -0.05) is 36.2 Å². The average molecular weight is 414 g/mol. The van der Waals surface area contributed by atoms with Gasteiger partial charge in [0.2, 0.25) is 5.91 Å². The molecule has 2 aromatic heterocycles. The zero-order valence-corrected chi connectivity index (χ0v) is 16.2. The van der Waals surface area contributed by atoms with Crippen LogP contribution in [0.4, 0.5) is 5.69 Å². The highest BCUT2D eigenvalue weighted by Gasteiger charge is 2.13. The Bertz CT molecular complexity index is 1090. The molecule has 0 spiro atoms. The third kappa shape index (κ3) is 3.64. The lowest BCUT2D eigenvalue weighted by molar-refractivity contribution is -0.116. The summed E-state index contributed by atoms with van der Waals surface area (Å²) in [6, 6.07) is 6.75. The van der Waals surface area contributed by atoms with E-state index in [2.05, 4.69) is 10.3 Å². The second kappa shape index (κ2) is 7.29. The monoisotopic (exact) mass is 413 g/mol. The summed E-state index contributed by atoms with van der Waals surface area (Å²) in [7, 11) is 0. The van der Waals surface area contributed by atoms with Crippen LogP contribution in [0.2, 0.25) is 10.0 Å². The van der Waals surface area contributed by atoms with Crippen LogP contribution in [0.1, 0.15) is 11.8 Å². The van der Waals surface area contributed by atoms with Gasteiger partial charge in [-0.2, -0.15) is 0 Å². The standard InChI is InChI=1S/C16H13Cl2N3O2S2/c1-2-8-6-9-14(25-8)20-16(24)21(15(9)23)7-12(22)19-11-5-3-4-10(17)13(11)18/h3-6H,2,7H2,1H3,(H,19,22)(H,20,24). The van der Waals surface area contributed by atoms with Gasteiger partial charge in [0.15, 0.2) is 4.77 Å². The number of carbonyl (C=O) groups is 1. The van der Waals surface area contributed by atoms with Gasteiger partial charge < -0.3 is 10.3 Å². The number of nitrogens with one attached hydrogen (secondary N) is 2. The maximum absolute atomic E-state index is 12.6. The first-order valence-electron chi connectivity index (χ1n) is 7.40. The highest BCUT2D eigenvalue weighted by molar-refractivity contribution is 7.71. The van der Waals surface area contributed by atoms with E-state index < -0.39 is 5.91 Å². The van der Waals surface area contributed by atoms with Gasteiger partial charge in [0.05, 0.1) is 21.1 Å². The van der Waals surface area contributed by atoms with Crippen molar-refractivity contribution < 1.29 is 4.79 Å². The molecule has 0 radical (unpaired) electrons. The second-order valence-corrected chi connectivity index (χ2v) is 7.59. The van der Waals surface area contributed by atoms with E-state index in [1.165, 1.54) is 15.9 Å². The average Bonchev–Trinajstić information content (AvgIpc) is 2.99. The maximum atomic E-state index is 12.6. The predicted octanol–water partition coefficient (Wildman–Crippen LogP) is 4.63. The predicted molar refractivity (Wildman–Crippen MR) is 106 cm³/mol. The van der Waals surface area contributed by atoms with Crippen molar-refractivity contribution in [3.05, 3.63) is 54.3 Å². The number of aromatic nitrogens is 2. The lowest BCUT2D eigenvalue weighted by Gasteiger charge is -2.09. The Morgan fingerprint density at radius 2 is 2.16 bits per heavy atom. The lowest BCUT2D eigenvalue weighted by atomic mass is 10.3. The minimum absolute atomic E-state index is 0.203. The Balaban J connectivity index is 1.92. The van der Waals surface area contributed by atoms with E-state index in [0.717, 1.165) is 16.1 Å². The Labute approximate surface area is 162 Å². The summed E-state index contributed by atoms with van der Waals surface area (Å²) in [6.45, 7) is 1.80. The number of aryl methyl sites for hydroxylation is 1. The first kappa shape index (κ1) is 18.1. The van der Waals surface area contributed by atoms with E-state index in [1.54, 1.807) is 18.2 Å². The Morgan fingerprint density at radius 3 is 2.88 bits per heavy atom. The molecule has 5 nitrogen and oxygen atoms in total. The normalized spacial score (nSPS) is 11.0. The molecule has 3 aromatic rings. The molecule has 0 bridgehead atoms. The van der Waals surface area contributed by atoms with Gasteiger partial charge in [-0.25, -0.2) is 0 Å². The Morgan fingerprint density at radius 1 is 1.40 bits per heavy atom. The number of nitrogens with zero attached hydrogens (tertiary/aromatic N) is 1. The van der Waals surface area contributed by atoms with Crippen LogP contribution in [-0.2, 0) is 17.8 Å². The number of fused-ring (bicyclic) bond motifs is 1. The number of H-pyrrole nitrogens is 1. The first-order chi connectivity index (χ1) is 11.9. The molecule has 0 saturated heterocycles. The topological polar surface area (TPSA) is 66.9 Å². The number of benzene rings is 1. The van der Waals surface area contributed by atoms with Crippen LogP contribution in [0, 0.1) is 4.77 Å². The molecule has 0 aliphatic rings. The van der Waals surface area contributed by atoms with E-state index in [9.17, 15) is 9.59 Å². The molecule has 0 saturated carbocycles. The number of hydrogen-bond donors (Lipinski definition) is 2. The smallest absolute Gasteiger partial charge is 0.263 e. The van der Waals surface area contributed by atoms with E-state index in [1.807, 2.05) is 13.0 Å². The van der Waals surface area contributed by atoms with Crippen molar-refractivity contribution in [2.45, 2.75) is 19.9 Å². The van der Waals surface area contributed by atoms with Crippen molar-refractivity contribution in [2.75, 3.05) is 5.32 Å². The Kier molecular flexibility index (Phi) is 5.29. The molecule has 9 heteroatoms. The molecule has 1 aromatic carbocycles. The largest absolute Gasteiger partial charge is 0.323 e. The minimum Gasteiger partial charge on any atom is -0.323 e. The number of anilines is 1. The molecule has 1 amide bonds. The van der Waals surface area contributed by atoms with Gasteiger partial charge in [0.25, 0.3) is 5.56 Å². The minimum atomic E-state index is -0.420. The van der Waals surface area contributed by atoms with Crippen LogP contribution < -0.4 is 10.9 Å².